The molecule has 48 heavy (non-hydrogen) atoms. The predicted octanol–water partition coefficient (Wildman–Crippen LogP) is 7.10. The monoisotopic (exact) mass is 646 g/mol. The van der Waals surface area contributed by atoms with E-state index in [0.29, 0.717) is 44.8 Å². The van der Waals surface area contributed by atoms with Crippen LogP contribution in [0.5, 0.6) is 0 Å². The van der Waals surface area contributed by atoms with Crippen LogP contribution in [0.15, 0.2) is 73.3 Å². The highest BCUT2D eigenvalue weighted by Gasteiger charge is 2.27. The molecule has 4 heterocycles. The first-order chi connectivity index (χ1) is 22.5. The molecule has 0 atom stereocenters. The van der Waals surface area contributed by atoms with E-state index in [9.17, 15) is 19.2 Å². The first-order valence-electron chi connectivity index (χ1n) is 15.0. The number of aromatic carboxylic acids is 2. The molecule has 0 amide bonds. The molecule has 6 rings (SSSR count). The smallest absolute Gasteiger partial charge is 0.335 e. The van der Waals surface area contributed by atoms with E-state index >= 15 is 0 Å². The second-order valence-electron chi connectivity index (χ2n) is 13.2. The summed E-state index contributed by atoms with van der Waals surface area (Å²) in [6.07, 6.45) is 6.46. The number of benzene rings is 2. The van der Waals surface area contributed by atoms with Gasteiger partial charge >= 0.3 is 11.9 Å². The molecule has 0 aliphatic carbocycles. The van der Waals surface area contributed by atoms with Crippen molar-refractivity contribution in [3.63, 3.8) is 0 Å². The summed E-state index contributed by atoms with van der Waals surface area (Å²) < 4.78 is 0. The number of fused-ring (bicyclic) bond motifs is 2. The van der Waals surface area contributed by atoms with Gasteiger partial charge in [-0.3, -0.25) is 9.59 Å². The standard InChI is InChI=1S/2C18H17N3O3/c2*1-18(2,3)15(22)12-8-19-16-14(12)21-13(9-20-16)10-4-6-11(7-5-10)17(23)24/h2*4-9H,1-3H3,(H,19,20)(H,23,24). The van der Waals surface area contributed by atoms with Crippen LogP contribution in [0.25, 0.3) is 44.8 Å². The Balaban J connectivity index is 0.000000188. The lowest BCUT2D eigenvalue weighted by Gasteiger charge is -2.15. The molecule has 6 aromatic rings. The third-order valence-electron chi connectivity index (χ3n) is 7.47. The van der Waals surface area contributed by atoms with E-state index in [1.54, 1.807) is 49.1 Å². The molecule has 244 valence electrons. The highest BCUT2D eigenvalue weighted by Crippen LogP contribution is 2.28. The summed E-state index contributed by atoms with van der Waals surface area (Å²) in [6.45, 7) is 11.1. The summed E-state index contributed by atoms with van der Waals surface area (Å²) in [4.78, 5) is 70.7. The van der Waals surface area contributed by atoms with Crippen molar-refractivity contribution in [3.8, 4) is 22.5 Å². The minimum Gasteiger partial charge on any atom is -0.478 e. The molecule has 0 saturated carbocycles. The molecular weight excluding hydrogens is 612 g/mol. The van der Waals surface area contributed by atoms with E-state index in [2.05, 4.69) is 29.9 Å². The molecule has 12 heteroatoms. The fourth-order valence-electron chi connectivity index (χ4n) is 4.78. The van der Waals surface area contributed by atoms with Crippen LogP contribution in [0.2, 0.25) is 0 Å². The SMILES string of the molecule is CC(C)(C)C(=O)c1c[nH]c2ncc(-c3ccc(C(=O)O)cc3)nc12.CC(C)(C)C(=O)c1c[nH]c2ncc(-c3ccc(C(=O)O)cc3)nc12. The van der Waals surface area contributed by atoms with Crippen LogP contribution in [0.3, 0.4) is 0 Å². The van der Waals surface area contributed by atoms with Gasteiger partial charge in [-0.15, -0.1) is 0 Å². The maximum atomic E-state index is 12.6. The predicted molar refractivity (Wildman–Crippen MR) is 180 cm³/mol. The first-order valence-corrected chi connectivity index (χ1v) is 15.0. The maximum absolute atomic E-state index is 12.6. The van der Waals surface area contributed by atoms with Crippen LogP contribution < -0.4 is 0 Å². The minimum absolute atomic E-state index is 0.0126. The van der Waals surface area contributed by atoms with Gasteiger partial charge in [-0.25, -0.2) is 29.5 Å². The van der Waals surface area contributed by atoms with Gasteiger partial charge in [0.1, 0.15) is 11.0 Å². The molecule has 0 aliphatic rings. The van der Waals surface area contributed by atoms with Gasteiger partial charge in [0.2, 0.25) is 0 Å². The van der Waals surface area contributed by atoms with Crippen LogP contribution in [0.1, 0.15) is 83.0 Å². The summed E-state index contributed by atoms with van der Waals surface area (Å²) in [6, 6.07) is 12.8. The van der Waals surface area contributed by atoms with E-state index in [0.717, 1.165) is 11.1 Å². The van der Waals surface area contributed by atoms with Crippen molar-refractivity contribution < 1.29 is 29.4 Å². The van der Waals surface area contributed by atoms with Gasteiger partial charge in [-0.1, -0.05) is 65.8 Å². The summed E-state index contributed by atoms with van der Waals surface area (Å²) in [5.74, 6) is -1.98. The molecule has 0 saturated heterocycles. The zero-order valence-corrected chi connectivity index (χ0v) is 27.2. The Labute approximate surface area is 275 Å². The second kappa shape index (κ2) is 12.6. The number of nitrogens with one attached hydrogen (secondary N) is 2. The van der Waals surface area contributed by atoms with Crippen molar-refractivity contribution in [3.05, 3.63) is 95.6 Å². The van der Waals surface area contributed by atoms with E-state index in [4.69, 9.17) is 10.2 Å². The number of carbonyl (C=O) groups is 4. The molecule has 4 N–H and O–H groups in total. The normalized spacial score (nSPS) is 11.6. The molecule has 12 nitrogen and oxygen atoms in total. The van der Waals surface area contributed by atoms with E-state index in [-0.39, 0.29) is 22.7 Å². The summed E-state index contributed by atoms with van der Waals surface area (Å²) in [7, 11) is 0. The molecule has 2 aromatic carbocycles. The lowest BCUT2D eigenvalue weighted by Crippen LogP contribution is -2.20. The fraction of sp³-hybridized carbons (Fsp3) is 0.222. The van der Waals surface area contributed by atoms with Crippen molar-refractivity contribution in [1.82, 2.24) is 29.9 Å². The molecule has 0 radical (unpaired) electrons. The largest absolute Gasteiger partial charge is 0.478 e. The Morgan fingerprint density at radius 1 is 0.562 bits per heavy atom. The van der Waals surface area contributed by atoms with E-state index < -0.39 is 22.8 Å². The second-order valence-corrected chi connectivity index (χ2v) is 13.2. The molecule has 0 spiro atoms. The van der Waals surface area contributed by atoms with Gasteiger partial charge in [0, 0.05) is 34.4 Å². The van der Waals surface area contributed by atoms with E-state index in [1.165, 1.54) is 24.3 Å². The number of carbonyl (C=O) groups excluding carboxylic acids is 2. The van der Waals surface area contributed by atoms with Crippen LogP contribution in [-0.2, 0) is 0 Å². The summed E-state index contributed by atoms with van der Waals surface area (Å²) in [5.41, 5.74) is 5.19. The van der Waals surface area contributed by atoms with Crippen LogP contribution in [0.4, 0.5) is 0 Å². The van der Waals surface area contributed by atoms with Gasteiger partial charge < -0.3 is 20.2 Å². The van der Waals surface area contributed by atoms with Gasteiger partial charge in [-0.2, -0.15) is 0 Å². The average molecular weight is 647 g/mol. The number of rotatable bonds is 6. The van der Waals surface area contributed by atoms with Gasteiger partial charge in [0.15, 0.2) is 22.9 Å². The Kier molecular flexibility index (Phi) is 8.77. The van der Waals surface area contributed by atoms with Crippen molar-refractivity contribution in [2.75, 3.05) is 0 Å². The van der Waals surface area contributed by atoms with Crippen molar-refractivity contribution in [2.24, 2.45) is 10.8 Å². The number of aromatic amines is 2. The Morgan fingerprint density at radius 2 is 0.896 bits per heavy atom. The Hall–Kier alpha value is -6.04. The number of nitrogens with zero attached hydrogens (tertiary/aromatic N) is 4. The number of carboxylic acid groups (broad SMARTS) is 2. The zero-order chi connectivity index (χ0) is 35.0. The number of H-pyrrole nitrogens is 2. The quantitative estimate of drug-likeness (QED) is 0.136. The van der Waals surface area contributed by atoms with Crippen molar-refractivity contribution >= 4 is 45.8 Å². The van der Waals surface area contributed by atoms with Crippen LogP contribution >= 0.6 is 0 Å². The summed E-state index contributed by atoms with van der Waals surface area (Å²) in [5, 5.41) is 17.9. The number of Topliss-reactive ketones (excluding diaryl/α,β-unsaturated/α-hetero) is 2. The topological polar surface area (TPSA) is 192 Å². The molecule has 4 aromatic heterocycles. The van der Waals surface area contributed by atoms with E-state index in [1.807, 2.05) is 41.5 Å². The molecule has 0 bridgehead atoms. The number of carboxylic acids is 2. The zero-order valence-electron chi connectivity index (χ0n) is 27.2. The molecule has 0 fully saturated rings. The van der Waals surface area contributed by atoms with Crippen molar-refractivity contribution in [2.45, 2.75) is 41.5 Å². The number of aromatic nitrogens is 6. The third kappa shape index (κ3) is 6.87. The lowest BCUT2D eigenvalue weighted by molar-refractivity contribution is 0.0686. The average Bonchev–Trinajstić information content (AvgIpc) is 3.67. The third-order valence-corrected chi connectivity index (χ3v) is 7.47. The Bertz CT molecular complexity index is 2030. The van der Waals surface area contributed by atoms with Crippen LogP contribution in [0, 0.1) is 10.8 Å². The maximum Gasteiger partial charge on any atom is 0.335 e. The Morgan fingerprint density at radius 3 is 1.19 bits per heavy atom. The molecular formula is C36H34N6O6. The van der Waals surface area contributed by atoms with Gasteiger partial charge in [0.05, 0.1) is 46.0 Å². The minimum atomic E-state index is -0.980. The fourth-order valence-corrected chi connectivity index (χ4v) is 4.78. The first kappa shape index (κ1) is 33.3. The highest BCUT2D eigenvalue weighted by atomic mass is 16.4. The highest BCUT2D eigenvalue weighted by molar-refractivity contribution is 6.09. The number of hydrogen-bond acceptors (Lipinski definition) is 8. The van der Waals surface area contributed by atoms with Gasteiger partial charge in [0.25, 0.3) is 0 Å². The van der Waals surface area contributed by atoms with Crippen LogP contribution in [-0.4, -0.2) is 63.6 Å². The molecule has 0 unspecified atom stereocenters. The number of ketones is 2. The number of hydrogen-bond donors (Lipinski definition) is 4. The lowest BCUT2D eigenvalue weighted by atomic mass is 9.87. The molecule has 0 aliphatic heterocycles. The van der Waals surface area contributed by atoms with Gasteiger partial charge in [-0.05, 0) is 24.3 Å². The van der Waals surface area contributed by atoms with Crippen molar-refractivity contribution in [1.29, 1.82) is 0 Å². The summed E-state index contributed by atoms with van der Waals surface area (Å²) >= 11 is 0.